The quantitative estimate of drug-likeness (QED) is 0.267. The van der Waals surface area contributed by atoms with Crippen LogP contribution in [-0.2, 0) is 19.1 Å². The van der Waals surface area contributed by atoms with Crippen LogP contribution >= 0.6 is 0 Å². The summed E-state index contributed by atoms with van der Waals surface area (Å²) >= 11 is 0. The average Bonchev–Trinajstić information content (AvgIpc) is 2.88. The lowest BCUT2D eigenvalue weighted by Crippen LogP contribution is -2.52. The molecule has 0 fully saturated rings. The molecule has 0 aromatic heterocycles. The zero-order chi connectivity index (χ0) is 32.2. The number of hydrogen-bond acceptors (Lipinski definition) is 4. The van der Waals surface area contributed by atoms with E-state index in [1.807, 2.05) is 66.7 Å². The number of halogens is 1. The third kappa shape index (κ3) is 26.9. The Balaban J connectivity index is -0.000000271. The van der Waals surface area contributed by atoms with Crippen molar-refractivity contribution in [3.63, 3.8) is 0 Å². The predicted molar refractivity (Wildman–Crippen MR) is 166 cm³/mol. The molecule has 0 aliphatic heterocycles. The lowest BCUT2D eigenvalue weighted by Gasteiger charge is -2.29. The normalized spacial score (nSPS) is 11.9. The van der Waals surface area contributed by atoms with E-state index in [0.717, 1.165) is 12.0 Å². The highest BCUT2D eigenvalue weighted by Crippen LogP contribution is 2.20. The minimum atomic E-state index is -0.796. The van der Waals surface area contributed by atoms with Crippen molar-refractivity contribution in [3.05, 3.63) is 36.1 Å². The fourth-order valence-corrected chi connectivity index (χ4v) is 2.83. The molecule has 3 amide bonds. The summed E-state index contributed by atoms with van der Waals surface area (Å²) in [5, 5.41) is 2.64. The van der Waals surface area contributed by atoms with E-state index in [-0.39, 0.29) is 18.2 Å². The van der Waals surface area contributed by atoms with E-state index in [1.54, 1.807) is 28.2 Å². The van der Waals surface area contributed by atoms with Gasteiger partial charge >= 0.3 is 0 Å². The van der Waals surface area contributed by atoms with Crippen molar-refractivity contribution in [1.82, 2.24) is 10.2 Å². The fourth-order valence-electron chi connectivity index (χ4n) is 2.83. The van der Waals surface area contributed by atoms with Crippen molar-refractivity contribution in [1.29, 1.82) is 0 Å². The van der Waals surface area contributed by atoms with Gasteiger partial charge in [-0.25, -0.2) is 0 Å². The first-order chi connectivity index (χ1) is 18.2. The average molecular weight is 560 g/mol. The van der Waals surface area contributed by atoms with Gasteiger partial charge in [0.1, 0.15) is 6.04 Å². The summed E-state index contributed by atoms with van der Waals surface area (Å²) in [7, 11) is 5.39. The molecule has 0 aliphatic rings. The van der Waals surface area contributed by atoms with Gasteiger partial charge in [-0.1, -0.05) is 106 Å². The largest absolute Gasteiger partial charge is 0.388 e. The van der Waals surface area contributed by atoms with Crippen molar-refractivity contribution in [3.8, 4) is 0 Å². The molecule has 0 saturated heterocycles. The molecule has 0 radical (unpaired) electrons. The second-order valence-corrected chi connectivity index (χ2v) is 9.67. The Morgan fingerprint density at radius 2 is 1.51 bits per heavy atom. The molecule has 1 unspecified atom stereocenters. The van der Waals surface area contributed by atoms with E-state index >= 15 is 0 Å². The third-order valence-corrected chi connectivity index (χ3v) is 4.98. The standard InChI is InChI=1S/C21H35N3O3.C5H12.C2H6O.C2H6.CH3F/c1-9-10-11-12-14(2)16(4)24(8)20(27)15(3)13-17(25)23-18(19(22)26)21(5,6)7;1-3-5-4-2;1-3-2;2*1-2/h10-12,15,18H,4,9,13H2,1-3,5-8H3,(H2,22,26)(H,23,25);3-5H2,1-2H3;1-2H3;1-2H3;1H3/b11-10-,14-12-;;;;/t15?,18-;;;;/m1..../s1. The van der Waals surface area contributed by atoms with Gasteiger partial charge in [0, 0.05) is 39.3 Å². The van der Waals surface area contributed by atoms with Gasteiger partial charge in [-0.15, -0.1) is 0 Å². The van der Waals surface area contributed by atoms with Crippen LogP contribution in [0.3, 0.4) is 0 Å². The highest BCUT2D eigenvalue weighted by molar-refractivity contribution is 5.90. The molecule has 0 rings (SSSR count). The van der Waals surface area contributed by atoms with Gasteiger partial charge in [-0.3, -0.25) is 18.8 Å². The number of likely N-dealkylation sites (N-methyl/N-ethyl adjacent to an activating group) is 1. The summed E-state index contributed by atoms with van der Waals surface area (Å²) in [5.41, 5.74) is 6.32. The van der Waals surface area contributed by atoms with E-state index in [0.29, 0.717) is 12.9 Å². The number of nitrogens with two attached hydrogens (primary N) is 1. The minimum absolute atomic E-state index is 0.0329. The Labute approximate surface area is 240 Å². The van der Waals surface area contributed by atoms with Crippen molar-refractivity contribution >= 4 is 17.7 Å². The minimum Gasteiger partial charge on any atom is -0.388 e. The van der Waals surface area contributed by atoms with E-state index in [4.69, 9.17) is 5.73 Å². The summed E-state index contributed by atoms with van der Waals surface area (Å²) in [6.45, 7) is 23.4. The van der Waals surface area contributed by atoms with Crippen LogP contribution < -0.4 is 11.1 Å². The molecule has 39 heavy (non-hydrogen) atoms. The molecule has 7 nitrogen and oxygen atoms in total. The summed E-state index contributed by atoms with van der Waals surface area (Å²) in [6, 6.07) is -0.796. The summed E-state index contributed by atoms with van der Waals surface area (Å²) in [5.74, 6) is -1.75. The number of ether oxygens (including phenoxy) is 1. The van der Waals surface area contributed by atoms with Crippen LogP contribution in [0.15, 0.2) is 36.1 Å². The number of rotatable bonds is 11. The topological polar surface area (TPSA) is 102 Å². The molecule has 0 saturated carbocycles. The second-order valence-electron chi connectivity index (χ2n) is 9.67. The first kappa shape index (κ1) is 46.4. The van der Waals surface area contributed by atoms with Crippen molar-refractivity contribution in [2.45, 2.75) is 107 Å². The maximum atomic E-state index is 12.6. The summed E-state index contributed by atoms with van der Waals surface area (Å²) in [4.78, 5) is 38.0. The van der Waals surface area contributed by atoms with Crippen molar-refractivity contribution < 1.29 is 23.5 Å². The van der Waals surface area contributed by atoms with Crippen LogP contribution in [0.4, 0.5) is 4.39 Å². The molecule has 0 bridgehead atoms. The maximum absolute atomic E-state index is 12.6. The number of alkyl halides is 1. The van der Waals surface area contributed by atoms with Crippen molar-refractivity contribution in [2.75, 3.05) is 28.4 Å². The van der Waals surface area contributed by atoms with E-state index < -0.39 is 23.3 Å². The zero-order valence-electron chi connectivity index (χ0n) is 27.7. The number of methoxy groups -OCH3 is 1. The van der Waals surface area contributed by atoms with E-state index in [2.05, 4.69) is 30.5 Å². The van der Waals surface area contributed by atoms with Crippen LogP contribution in [-0.4, -0.2) is 57.1 Å². The Bertz CT molecular complexity index is 696. The van der Waals surface area contributed by atoms with Crippen LogP contribution in [0.1, 0.15) is 101 Å². The summed E-state index contributed by atoms with van der Waals surface area (Å²) < 4.78 is 13.8. The first-order valence-electron chi connectivity index (χ1n) is 13.8. The third-order valence-electron chi connectivity index (χ3n) is 4.98. The highest BCUT2D eigenvalue weighted by Gasteiger charge is 2.32. The number of primary amides is 1. The van der Waals surface area contributed by atoms with E-state index in [9.17, 15) is 18.8 Å². The first-order valence-corrected chi connectivity index (χ1v) is 13.8. The smallest absolute Gasteiger partial charge is 0.240 e. The van der Waals surface area contributed by atoms with Gasteiger partial charge in [-0.05, 0) is 24.3 Å². The maximum Gasteiger partial charge on any atom is 0.240 e. The molecule has 2 atom stereocenters. The molecule has 8 heteroatoms. The van der Waals surface area contributed by atoms with Gasteiger partial charge in [0.25, 0.3) is 0 Å². The second kappa shape index (κ2) is 30.1. The number of unbranched alkanes of at least 4 members (excludes halogenated alkanes) is 2. The number of amides is 3. The Morgan fingerprint density at radius 3 is 1.82 bits per heavy atom. The summed E-state index contributed by atoms with van der Waals surface area (Å²) in [6.07, 6.45) is 10.8. The van der Waals surface area contributed by atoms with Crippen LogP contribution in [0, 0.1) is 11.3 Å². The van der Waals surface area contributed by atoms with E-state index in [1.165, 1.54) is 24.2 Å². The van der Waals surface area contributed by atoms with Gasteiger partial charge in [0.15, 0.2) is 0 Å². The highest BCUT2D eigenvalue weighted by atomic mass is 19.1. The number of nitrogens with zero attached hydrogens (tertiary/aromatic N) is 1. The fraction of sp³-hybridized carbons (Fsp3) is 0.710. The number of allylic oxidation sites excluding steroid dienone is 4. The molecule has 0 spiro atoms. The number of carbonyl (C=O) groups is 3. The number of nitrogens with one attached hydrogen (secondary N) is 1. The molecule has 232 valence electrons. The van der Waals surface area contributed by atoms with Crippen LogP contribution in [0.2, 0.25) is 0 Å². The monoisotopic (exact) mass is 559 g/mol. The van der Waals surface area contributed by atoms with Gasteiger partial charge in [0.2, 0.25) is 17.7 Å². The molecular formula is C31H62FN3O4. The van der Waals surface area contributed by atoms with Gasteiger partial charge in [-0.2, -0.15) is 0 Å². The Morgan fingerprint density at radius 1 is 1.08 bits per heavy atom. The Kier molecular flexibility index (Phi) is 35.8. The number of hydrogen-bond donors (Lipinski definition) is 2. The molecule has 0 heterocycles. The SMILES string of the molecule is C=C(/C(C)=C\C=C/CC)N(C)C(=O)C(C)CC(=O)N[C@H](C(N)=O)C(C)(C)C.CC.CCCCC.CF.COC. The Hall–Kier alpha value is -2.48. The molecule has 0 aliphatic carbocycles. The lowest BCUT2D eigenvalue weighted by molar-refractivity contribution is -0.136. The van der Waals surface area contributed by atoms with Crippen LogP contribution in [0.5, 0.6) is 0 Å². The predicted octanol–water partition coefficient (Wildman–Crippen LogP) is 6.98. The van der Waals surface area contributed by atoms with Gasteiger partial charge < -0.3 is 20.7 Å². The van der Waals surface area contributed by atoms with Crippen LogP contribution in [0.25, 0.3) is 0 Å². The number of carbonyl (C=O) groups excluding carboxylic acids is 3. The molecular weight excluding hydrogens is 497 g/mol. The molecule has 0 aromatic rings. The van der Waals surface area contributed by atoms with Gasteiger partial charge in [0.05, 0.1) is 7.18 Å². The lowest BCUT2D eigenvalue weighted by atomic mass is 9.86. The van der Waals surface area contributed by atoms with Crippen molar-refractivity contribution in [2.24, 2.45) is 17.1 Å². The molecule has 3 N–H and O–H groups in total. The zero-order valence-corrected chi connectivity index (χ0v) is 27.7. The molecule has 0 aromatic carbocycles.